The topological polar surface area (TPSA) is 54.3 Å². The molecule has 144 valence electrons. The maximum atomic E-state index is 12.7. The van der Waals surface area contributed by atoms with Gasteiger partial charge in [-0.2, -0.15) is 0 Å². The first-order chi connectivity index (χ1) is 13.2. The molecule has 3 rings (SSSR count). The van der Waals surface area contributed by atoms with Gasteiger partial charge in [-0.25, -0.2) is 0 Å². The Kier molecular flexibility index (Phi) is 5.88. The van der Waals surface area contributed by atoms with E-state index in [-0.39, 0.29) is 17.2 Å². The summed E-state index contributed by atoms with van der Waals surface area (Å²) in [7, 11) is 0. The molecule has 0 saturated carbocycles. The molecular formula is C20H17BrClN3O2S. The van der Waals surface area contributed by atoms with Gasteiger partial charge >= 0.3 is 0 Å². The Morgan fingerprint density at radius 3 is 2.64 bits per heavy atom. The van der Waals surface area contributed by atoms with Crippen LogP contribution in [0.2, 0.25) is 5.02 Å². The number of nitrogens with one attached hydrogen (secondary N) is 1. The number of carbonyl (C=O) groups is 2. The predicted octanol–water partition coefficient (Wildman–Crippen LogP) is 4.32. The van der Waals surface area contributed by atoms with Gasteiger partial charge in [0.1, 0.15) is 5.57 Å². The number of benzene rings is 1. The van der Waals surface area contributed by atoms with E-state index in [9.17, 15) is 9.59 Å². The smallest absolute Gasteiger partial charge is 0.265 e. The average Bonchev–Trinajstić information content (AvgIpc) is 2.91. The van der Waals surface area contributed by atoms with Crippen molar-refractivity contribution >= 4 is 62.8 Å². The number of carbonyl (C=O) groups excluding carboxylic acids is 2. The molecule has 0 aliphatic carbocycles. The first-order valence-corrected chi connectivity index (χ1v) is 9.96. The van der Waals surface area contributed by atoms with Gasteiger partial charge in [-0.3, -0.25) is 19.8 Å². The number of amides is 2. The normalized spacial score (nSPS) is 15.9. The maximum absolute atomic E-state index is 12.7. The SMILES string of the molecule is C=CCN1C(=O)/C(=C/c2cc(C)n(-c3ccc(Br)c(Cl)c3)c2C)C(=O)NC1=S. The summed E-state index contributed by atoms with van der Waals surface area (Å²) in [6.45, 7) is 7.73. The zero-order valence-electron chi connectivity index (χ0n) is 15.3. The third-order valence-electron chi connectivity index (χ3n) is 4.43. The zero-order valence-corrected chi connectivity index (χ0v) is 18.4. The lowest BCUT2D eigenvalue weighted by Gasteiger charge is -2.27. The minimum atomic E-state index is -0.508. The van der Waals surface area contributed by atoms with Crippen LogP contribution in [-0.4, -0.2) is 32.9 Å². The Morgan fingerprint density at radius 1 is 1.29 bits per heavy atom. The number of hydrogen-bond donors (Lipinski definition) is 1. The largest absolute Gasteiger partial charge is 0.318 e. The van der Waals surface area contributed by atoms with E-state index in [1.165, 1.54) is 4.90 Å². The Bertz CT molecular complexity index is 1060. The number of hydrogen-bond acceptors (Lipinski definition) is 3. The molecule has 2 amide bonds. The number of nitrogens with zero attached hydrogens (tertiary/aromatic N) is 2. The van der Waals surface area contributed by atoms with Gasteiger partial charge in [0.15, 0.2) is 5.11 Å². The highest BCUT2D eigenvalue weighted by molar-refractivity contribution is 9.10. The Hall–Kier alpha value is -2.22. The van der Waals surface area contributed by atoms with Gasteiger partial charge in [-0.1, -0.05) is 17.7 Å². The maximum Gasteiger partial charge on any atom is 0.265 e. The van der Waals surface area contributed by atoms with Crippen LogP contribution in [0.1, 0.15) is 17.0 Å². The van der Waals surface area contributed by atoms with E-state index in [2.05, 4.69) is 27.8 Å². The second kappa shape index (κ2) is 8.03. The molecule has 0 bridgehead atoms. The number of rotatable bonds is 4. The van der Waals surface area contributed by atoms with Crippen molar-refractivity contribution in [3.63, 3.8) is 0 Å². The lowest BCUT2D eigenvalue weighted by atomic mass is 10.1. The lowest BCUT2D eigenvalue weighted by molar-refractivity contribution is -0.128. The van der Waals surface area contributed by atoms with Crippen molar-refractivity contribution in [2.24, 2.45) is 0 Å². The molecule has 0 unspecified atom stereocenters. The summed E-state index contributed by atoms with van der Waals surface area (Å²) in [6.07, 6.45) is 3.15. The molecule has 5 nitrogen and oxygen atoms in total. The Morgan fingerprint density at radius 2 is 2.00 bits per heavy atom. The molecule has 2 heterocycles. The molecule has 2 aromatic rings. The van der Waals surface area contributed by atoms with E-state index in [0.29, 0.717) is 5.02 Å². The van der Waals surface area contributed by atoms with Crippen LogP contribution in [0.5, 0.6) is 0 Å². The molecule has 1 aromatic heterocycles. The molecule has 0 spiro atoms. The number of aromatic nitrogens is 1. The highest BCUT2D eigenvalue weighted by atomic mass is 79.9. The molecule has 0 radical (unpaired) electrons. The first kappa shape index (κ1) is 20.5. The fourth-order valence-corrected chi connectivity index (χ4v) is 3.77. The van der Waals surface area contributed by atoms with Crippen molar-refractivity contribution in [2.75, 3.05) is 6.54 Å². The van der Waals surface area contributed by atoms with Crippen molar-refractivity contribution in [2.45, 2.75) is 13.8 Å². The van der Waals surface area contributed by atoms with Gasteiger partial charge in [0.2, 0.25) is 0 Å². The zero-order chi connectivity index (χ0) is 20.6. The molecular weight excluding hydrogens is 462 g/mol. The number of halogens is 2. The summed E-state index contributed by atoms with van der Waals surface area (Å²) in [6, 6.07) is 7.59. The van der Waals surface area contributed by atoms with Crippen LogP contribution < -0.4 is 5.32 Å². The van der Waals surface area contributed by atoms with Crippen molar-refractivity contribution in [3.8, 4) is 5.69 Å². The van der Waals surface area contributed by atoms with E-state index in [0.717, 1.165) is 27.1 Å². The van der Waals surface area contributed by atoms with Crippen LogP contribution in [0.4, 0.5) is 0 Å². The van der Waals surface area contributed by atoms with Crippen LogP contribution in [0, 0.1) is 13.8 Å². The second-order valence-corrected chi connectivity index (χ2v) is 7.93. The summed E-state index contributed by atoms with van der Waals surface area (Å²) >= 11 is 14.7. The minimum absolute atomic E-state index is 0.0320. The van der Waals surface area contributed by atoms with Crippen molar-refractivity contribution in [1.82, 2.24) is 14.8 Å². The standard InChI is InChI=1S/C20H17BrClN3O2S/c1-4-7-24-19(27)15(18(26)23-20(24)28)9-13-8-11(2)25(12(13)3)14-5-6-16(21)17(22)10-14/h4-6,8-10H,1,7H2,2-3H3,(H,23,26,28)/b15-9+. The van der Waals surface area contributed by atoms with Gasteiger partial charge in [-0.05, 0) is 77.9 Å². The van der Waals surface area contributed by atoms with Crippen molar-refractivity contribution in [1.29, 1.82) is 0 Å². The highest BCUT2D eigenvalue weighted by Crippen LogP contribution is 2.29. The summed E-state index contributed by atoms with van der Waals surface area (Å²) < 4.78 is 2.83. The van der Waals surface area contributed by atoms with Gasteiger partial charge in [0.05, 0.1) is 5.02 Å². The molecule has 1 saturated heterocycles. The van der Waals surface area contributed by atoms with Crippen LogP contribution in [0.25, 0.3) is 11.8 Å². The predicted molar refractivity (Wildman–Crippen MR) is 119 cm³/mol. The summed E-state index contributed by atoms with van der Waals surface area (Å²) in [5.74, 6) is -0.947. The van der Waals surface area contributed by atoms with Crippen LogP contribution in [0.3, 0.4) is 0 Å². The fraction of sp³-hybridized carbons (Fsp3) is 0.150. The monoisotopic (exact) mass is 477 g/mol. The third kappa shape index (κ3) is 3.70. The van der Waals surface area contributed by atoms with Gasteiger partial charge in [0.25, 0.3) is 11.8 Å². The van der Waals surface area contributed by atoms with E-state index in [1.54, 1.807) is 12.2 Å². The average molecular weight is 479 g/mol. The molecule has 1 aliphatic heterocycles. The van der Waals surface area contributed by atoms with Crippen molar-refractivity contribution < 1.29 is 9.59 Å². The highest BCUT2D eigenvalue weighted by Gasteiger charge is 2.32. The molecule has 1 aliphatic rings. The van der Waals surface area contributed by atoms with E-state index in [1.807, 2.05) is 42.7 Å². The van der Waals surface area contributed by atoms with Gasteiger partial charge in [-0.15, -0.1) is 6.58 Å². The van der Waals surface area contributed by atoms with Crippen LogP contribution >= 0.6 is 39.7 Å². The molecule has 1 aromatic carbocycles. The number of thiocarbonyl (C=S) groups is 1. The van der Waals surface area contributed by atoms with Gasteiger partial charge in [0, 0.05) is 28.1 Å². The van der Waals surface area contributed by atoms with E-state index >= 15 is 0 Å². The van der Waals surface area contributed by atoms with E-state index < -0.39 is 11.8 Å². The van der Waals surface area contributed by atoms with Crippen molar-refractivity contribution in [3.05, 3.63) is 68.9 Å². The molecule has 8 heteroatoms. The number of aryl methyl sites for hydroxylation is 1. The van der Waals surface area contributed by atoms with E-state index in [4.69, 9.17) is 23.8 Å². The molecule has 1 fully saturated rings. The first-order valence-electron chi connectivity index (χ1n) is 8.38. The summed E-state index contributed by atoms with van der Waals surface area (Å²) in [5.41, 5.74) is 3.52. The van der Waals surface area contributed by atoms with Gasteiger partial charge < -0.3 is 4.57 Å². The quantitative estimate of drug-likeness (QED) is 0.308. The second-order valence-electron chi connectivity index (χ2n) is 6.28. The third-order valence-corrected chi connectivity index (χ3v) is 5.98. The molecule has 0 atom stereocenters. The Labute approximate surface area is 181 Å². The lowest BCUT2D eigenvalue weighted by Crippen LogP contribution is -2.53. The summed E-state index contributed by atoms with van der Waals surface area (Å²) in [4.78, 5) is 26.4. The molecule has 28 heavy (non-hydrogen) atoms. The Balaban J connectivity index is 2.06. The molecule has 1 N–H and O–H groups in total. The van der Waals surface area contributed by atoms with Crippen LogP contribution in [0.15, 0.2) is 47.0 Å². The summed E-state index contributed by atoms with van der Waals surface area (Å²) in [5, 5.41) is 3.24. The van der Waals surface area contributed by atoms with Crippen LogP contribution in [-0.2, 0) is 9.59 Å². The minimum Gasteiger partial charge on any atom is -0.318 e. The fourth-order valence-electron chi connectivity index (χ4n) is 3.10.